The molecule has 0 amide bonds. The van der Waals surface area contributed by atoms with Crippen LogP contribution in [0.15, 0.2) is 54.6 Å². The van der Waals surface area contributed by atoms with E-state index in [1.165, 1.54) is 16.7 Å². The summed E-state index contributed by atoms with van der Waals surface area (Å²) < 4.78 is 0. The lowest BCUT2D eigenvalue weighted by atomic mass is 10.0. The number of benzene rings is 2. The predicted octanol–water partition coefficient (Wildman–Crippen LogP) is 3.60. The third-order valence-electron chi connectivity index (χ3n) is 3.51. The third-order valence-corrected chi connectivity index (χ3v) is 3.51. The summed E-state index contributed by atoms with van der Waals surface area (Å²) in [7, 11) is 0. The molecule has 0 fully saturated rings. The first-order chi connectivity index (χ1) is 9.79. The van der Waals surface area contributed by atoms with E-state index < -0.39 is 0 Å². The van der Waals surface area contributed by atoms with Gasteiger partial charge >= 0.3 is 0 Å². The molecule has 20 heavy (non-hydrogen) atoms. The van der Waals surface area contributed by atoms with Crippen molar-refractivity contribution in [2.24, 2.45) is 0 Å². The first kappa shape index (κ1) is 14.8. The van der Waals surface area contributed by atoms with Gasteiger partial charge in [-0.1, -0.05) is 54.6 Å². The molecule has 0 aliphatic carbocycles. The molecule has 0 saturated heterocycles. The smallest absolute Gasteiger partial charge is 0.0431 e. The molecule has 2 heteroatoms. The van der Waals surface area contributed by atoms with E-state index in [0.717, 1.165) is 19.4 Å². The van der Waals surface area contributed by atoms with Crippen molar-refractivity contribution in [3.63, 3.8) is 0 Å². The van der Waals surface area contributed by atoms with Crippen molar-refractivity contribution in [1.29, 1.82) is 0 Å². The number of aliphatic hydroxyl groups excluding tert-OH is 1. The maximum absolute atomic E-state index is 8.81. The van der Waals surface area contributed by atoms with E-state index >= 15 is 0 Å². The Morgan fingerprint density at radius 3 is 2.25 bits per heavy atom. The van der Waals surface area contributed by atoms with Gasteiger partial charge in [0.25, 0.3) is 0 Å². The van der Waals surface area contributed by atoms with Crippen LogP contribution in [0.4, 0.5) is 0 Å². The summed E-state index contributed by atoms with van der Waals surface area (Å²) in [5.41, 5.74) is 3.80. The lowest BCUT2D eigenvalue weighted by Crippen LogP contribution is -2.25. The molecule has 0 radical (unpaired) electrons. The molecule has 0 spiro atoms. The van der Waals surface area contributed by atoms with Crippen LogP contribution in [-0.4, -0.2) is 17.8 Å². The average Bonchev–Trinajstić information content (AvgIpc) is 2.52. The Bertz CT molecular complexity index is 493. The second kappa shape index (κ2) is 7.83. The molecular weight excluding hydrogens is 246 g/mol. The lowest BCUT2D eigenvalue weighted by Gasteiger charge is -2.13. The van der Waals surface area contributed by atoms with Gasteiger partial charge in [0.15, 0.2) is 0 Å². The molecule has 0 heterocycles. The topological polar surface area (TPSA) is 32.3 Å². The first-order valence-electron chi connectivity index (χ1n) is 7.28. The normalized spacial score (nSPS) is 12.3. The molecule has 2 nitrogen and oxygen atoms in total. The van der Waals surface area contributed by atoms with Crippen molar-refractivity contribution in [3.8, 4) is 11.1 Å². The van der Waals surface area contributed by atoms with Crippen molar-refractivity contribution in [3.05, 3.63) is 60.2 Å². The lowest BCUT2D eigenvalue weighted by molar-refractivity contribution is 0.276. The van der Waals surface area contributed by atoms with Crippen LogP contribution >= 0.6 is 0 Å². The van der Waals surface area contributed by atoms with Crippen LogP contribution in [0, 0.1) is 0 Å². The van der Waals surface area contributed by atoms with Gasteiger partial charge < -0.3 is 10.4 Å². The van der Waals surface area contributed by atoms with Crippen molar-refractivity contribution < 1.29 is 5.11 Å². The standard InChI is InChI=1S/C18H23NO/c1-15(6-5-13-20)19-14-16-9-11-18(12-10-16)17-7-3-2-4-8-17/h2-4,7-12,15,19-20H,5-6,13-14H2,1H3. The Hall–Kier alpha value is -1.64. The number of hydrogen-bond donors (Lipinski definition) is 2. The fraction of sp³-hybridized carbons (Fsp3) is 0.333. The molecule has 0 aliphatic rings. The second-order valence-corrected chi connectivity index (χ2v) is 5.21. The van der Waals surface area contributed by atoms with Gasteiger partial charge in [-0.15, -0.1) is 0 Å². The van der Waals surface area contributed by atoms with Crippen molar-refractivity contribution in [1.82, 2.24) is 5.32 Å². The predicted molar refractivity (Wildman–Crippen MR) is 84.5 cm³/mol. The molecule has 0 aromatic heterocycles. The van der Waals surface area contributed by atoms with Crippen molar-refractivity contribution in [2.75, 3.05) is 6.61 Å². The Kier molecular flexibility index (Phi) is 5.78. The molecule has 0 saturated carbocycles. The van der Waals surface area contributed by atoms with E-state index in [1.54, 1.807) is 0 Å². The second-order valence-electron chi connectivity index (χ2n) is 5.21. The van der Waals surface area contributed by atoms with Crippen LogP contribution < -0.4 is 5.32 Å². The fourth-order valence-corrected chi connectivity index (χ4v) is 2.24. The Morgan fingerprint density at radius 2 is 1.60 bits per heavy atom. The Morgan fingerprint density at radius 1 is 0.950 bits per heavy atom. The Balaban J connectivity index is 1.89. The third kappa shape index (κ3) is 4.48. The van der Waals surface area contributed by atoms with E-state index in [9.17, 15) is 0 Å². The number of rotatable bonds is 7. The zero-order valence-electron chi connectivity index (χ0n) is 12.0. The minimum absolute atomic E-state index is 0.276. The van der Waals surface area contributed by atoms with Gasteiger partial charge in [-0.25, -0.2) is 0 Å². The monoisotopic (exact) mass is 269 g/mol. The first-order valence-corrected chi connectivity index (χ1v) is 7.28. The highest BCUT2D eigenvalue weighted by molar-refractivity contribution is 5.63. The minimum atomic E-state index is 0.276. The maximum Gasteiger partial charge on any atom is 0.0431 e. The van der Waals surface area contributed by atoms with Crippen molar-refractivity contribution >= 4 is 0 Å². The van der Waals surface area contributed by atoms with Crippen LogP contribution in [-0.2, 0) is 6.54 Å². The molecule has 2 rings (SSSR count). The molecule has 1 atom stereocenters. The van der Waals surface area contributed by atoms with Gasteiger partial charge in [0, 0.05) is 19.2 Å². The van der Waals surface area contributed by atoms with Crippen LogP contribution in [0.2, 0.25) is 0 Å². The average molecular weight is 269 g/mol. The number of nitrogens with one attached hydrogen (secondary N) is 1. The minimum Gasteiger partial charge on any atom is -0.396 e. The molecule has 1 unspecified atom stereocenters. The molecule has 2 aromatic rings. The van der Waals surface area contributed by atoms with E-state index in [-0.39, 0.29) is 6.61 Å². The van der Waals surface area contributed by atoms with E-state index in [1.807, 2.05) is 6.07 Å². The van der Waals surface area contributed by atoms with Crippen LogP contribution in [0.25, 0.3) is 11.1 Å². The number of aliphatic hydroxyl groups is 1. The highest BCUT2D eigenvalue weighted by Gasteiger charge is 2.02. The van der Waals surface area contributed by atoms with Crippen LogP contribution in [0.3, 0.4) is 0 Å². The Labute approximate surface area is 121 Å². The fourth-order valence-electron chi connectivity index (χ4n) is 2.24. The molecule has 106 valence electrons. The summed E-state index contributed by atoms with van der Waals surface area (Å²) in [4.78, 5) is 0. The molecule has 0 aliphatic heterocycles. The highest BCUT2D eigenvalue weighted by Crippen LogP contribution is 2.19. The van der Waals surface area contributed by atoms with E-state index in [0.29, 0.717) is 6.04 Å². The van der Waals surface area contributed by atoms with Gasteiger partial charge in [0.1, 0.15) is 0 Å². The van der Waals surface area contributed by atoms with E-state index in [2.05, 4.69) is 60.8 Å². The van der Waals surface area contributed by atoms with Crippen molar-refractivity contribution in [2.45, 2.75) is 32.4 Å². The quantitative estimate of drug-likeness (QED) is 0.805. The maximum atomic E-state index is 8.81. The molecule has 0 bridgehead atoms. The molecular formula is C18H23NO. The highest BCUT2D eigenvalue weighted by atomic mass is 16.2. The molecule has 2 N–H and O–H groups in total. The van der Waals surface area contributed by atoms with Gasteiger partial charge in [0.2, 0.25) is 0 Å². The van der Waals surface area contributed by atoms with E-state index in [4.69, 9.17) is 5.11 Å². The summed E-state index contributed by atoms with van der Waals surface area (Å²) in [6, 6.07) is 19.6. The van der Waals surface area contributed by atoms with Crippen LogP contribution in [0.5, 0.6) is 0 Å². The largest absolute Gasteiger partial charge is 0.396 e. The SMILES string of the molecule is CC(CCCO)NCc1ccc(-c2ccccc2)cc1. The number of hydrogen-bond acceptors (Lipinski definition) is 2. The molecule has 2 aromatic carbocycles. The van der Waals surface area contributed by atoms with Gasteiger partial charge in [-0.3, -0.25) is 0 Å². The van der Waals surface area contributed by atoms with Gasteiger partial charge in [-0.05, 0) is 36.5 Å². The van der Waals surface area contributed by atoms with Gasteiger partial charge in [-0.2, -0.15) is 0 Å². The summed E-state index contributed by atoms with van der Waals surface area (Å²) in [6.45, 7) is 3.31. The summed E-state index contributed by atoms with van der Waals surface area (Å²) in [5.74, 6) is 0. The van der Waals surface area contributed by atoms with Gasteiger partial charge in [0.05, 0.1) is 0 Å². The summed E-state index contributed by atoms with van der Waals surface area (Å²) in [6.07, 6.45) is 1.87. The zero-order chi connectivity index (χ0) is 14.2. The van der Waals surface area contributed by atoms with Crippen LogP contribution in [0.1, 0.15) is 25.3 Å². The zero-order valence-corrected chi connectivity index (χ0v) is 12.0. The summed E-state index contributed by atoms with van der Waals surface area (Å²) >= 11 is 0. The summed E-state index contributed by atoms with van der Waals surface area (Å²) in [5, 5.41) is 12.3.